The number of aryl methyl sites for hydroxylation is 2. The third kappa shape index (κ3) is 3.09. The number of carbonyl (C=O) groups excluding carboxylic acids is 1. The molecule has 3 heterocycles. The van der Waals surface area contributed by atoms with Crippen LogP contribution in [0.2, 0.25) is 0 Å². The lowest BCUT2D eigenvalue weighted by molar-refractivity contribution is -0.115. The van der Waals surface area contributed by atoms with E-state index in [1.54, 1.807) is 11.3 Å². The minimum atomic E-state index is -0.129. The van der Waals surface area contributed by atoms with E-state index in [2.05, 4.69) is 37.2 Å². The lowest BCUT2D eigenvalue weighted by atomic mass is 10.3. The molecule has 4 rings (SSSR count). The first-order chi connectivity index (χ1) is 12.0. The molecule has 1 fully saturated rings. The van der Waals surface area contributed by atoms with Gasteiger partial charge in [-0.25, -0.2) is 4.98 Å². The molecule has 130 valence electrons. The summed E-state index contributed by atoms with van der Waals surface area (Å²) in [6.07, 6.45) is 2.53. The highest BCUT2D eigenvalue weighted by Crippen LogP contribution is 2.39. The Bertz CT molecular complexity index is 913. The van der Waals surface area contributed by atoms with Crippen LogP contribution in [0.4, 0.5) is 5.95 Å². The number of aromatic nitrogens is 5. The Hall–Kier alpha value is -2.48. The van der Waals surface area contributed by atoms with Gasteiger partial charge in [-0.15, -0.1) is 21.5 Å². The summed E-state index contributed by atoms with van der Waals surface area (Å²) < 4.78 is 3.96. The van der Waals surface area contributed by atoms with Crippen molar-refractivity contribution >= 4 is 23.2 Å². The maximum Gasteiger partial charge on any atom is 0.232 e. The Morgan fingerprint density at radius 3 is 2.68 bits per heavy atom. The highest BCUT2D eigenvalue weighted by Gasteiger charge is 2.29. The zero-order valence-corrected chi connectivity index (χ0v) is 15.3. The van der Waals surface area contributed by atoms with Gasteiger partial charge in [-0.3, -0.25) is 14.7 Å². The van der Waals surface area contributed by atoms with E-state index < -0.39 is 0 Å². The molecule has 0 aliphatic heterocycles. The molecular formula is C17H20N6OS. The zero-order valence-electron chi connectivity index (χ0n) is 14.5. The monoisotopic (exact) mass is 356 g/mol. The normalized spacial score (nSPS) is 14.0. The van der Waals surface area contributed by atoms with Crippen LogP contribution in [0.15, 0.2) is 17.5 Å². The first-order valence-corrected chi connectivity index (χ1v) is 9.19. The van der Waals surface area contributed by atoms with Gasteiger partial charge in [0, 0.05) is 29.7 Å². The van der Waals surface area contributed by atoms with Crippen molar-refractivity contribution in [2.75, 3.05) is 5.32 Å². The third-order valence-corrected chi connectivity index (χ3v) is 5.32. The largest absolute Gasteiger partial charge is 0.300 e. The average molecular weight is 356 g/mol. The van der Waals surface area contributed by atoms with E-state index in [0.717, 1.165) is 40.9 Å². The third-order valence-electron chi connectivity index (χ3n) is 4.45. The van der Waals surface area contributed by atoms with Crippen LogP contribution in [0, 0.1) is 13.8 Å². The molecular weight excluding hydrogens is 336 g/mol. The number of thiazole rings is 1. The van der Waals surface area contributed by atoms with Crippen molar-refractivity contribution in [1.29, 1.82) is 0 Å². The Morgan fingerprint density at radius 1 is 1.28 bits per heavy atom. The Kier molecular flexibility index (Phi) is 3.91. The lowest BCUT2D eigenvalue weighted by Gasteiger charge is -2.05. The van der Waals surface area contributed by atoms with Crippen molar-refractivity contribution < 1.29 is 4.79 Å². The van der Waals surface area contributed by atoms with Crippen molar-refractivity contribution in [3.05, 3.63) is 40.4 Å². The maximum absolute atomic E-state index is 12.3. The standard InChI is InChI=1S/C17H20N6OS/c1-10-4-5-11(2)23(10)17-18-13(9-25-17)8-14(24)19-16-21-20-15(22(16)3)12-6-7-12/h4-5,9,12H,6-8H2,1-3H3,(H,19,21,24). The quantitative estimate of drug-likeness (QED) is 0.762. The zero-order chi connectivity index (χ0) is 17.6. The Morgan fingerprint density at radius 2 is 2.00 bits per heavy atom. The fourth-order valence-corrected chi connectivity index (χ4v) is 3.87. The molecule has 0 saturated heterocycles. The summed E-state index contributed by atoms with van der Waals surface area (Å²) in [5, 5.41) is 13.9. The van der Waals surface area contributed by atoms with Crippen molar-refractivity contribution in [2.24, 2.45) is 7.05 Å². The summed E-state index contributed by atoms with van der Waals surface area (Å²) in [5.41, 5.74) is 3.03. The van der Waals surface area contributed by atoms with Crippen LogP contribution in [0.1, 0.15) is 41.7 Å². The second-order valence-corrected chi connectivity index (χ2v) is 7.35. The van der Waals surface area contributed by atoms with E-state index in [4.69, 9.17) is 0 Å². The fraction of sp³-hybridized carbons (Fsp3) is 0.412. The molecule has 3 aromatic rings. The Labute approximate surface area is 149 Å². The van der Waals surface area contributed by atoms with Crippen LogP contribution in [0.5, 0.6) is 0 Å². The van der Waals surface area contributed by atoms with Crippen molar-refractivity contribution in [3.63, 3.8) is 0 Å². The van der Waals surface area contributed by atoms with E-state index in [1.807, 2.05) is 30.8 Å². The number of rotatable bonds is 5. The molecule has 0 radical (unpaired) electrons. The van der Waals surface area contributed by atoms with Crippen LogP contribution < -0.4 is 5.32 Å². The SMILES string of the molecule is Cc1ccc(C)n1-c1nc(CC(=O)Nc2nnc(C3CC3)n2C)cs1. The van der Waals surface area contributed by atoms with E-state index in [9.17, 15) is 4.79 Å². The molecule has 0 unspecified atom stereocenters. The van der Waals surface area contributed by atoms with Gasteiger partial charge in [0.1, 0.15) is 5.82 Å². The van der Waals surface area contributed by atoms with Crippen LogP contribution >= 0.6 is 11.3 Å². The molecule has 0 aromatic carbocycles. The highest BCUT2D eigenvalue weighted by atomic mass is 32.1. The lowest BCUT2D eigenvalue weighted by Crippen LogP contribution is -2.17. The minimum Gasteiger partial charge on any atom is -0.300 e. The molecule has 1 N–H and O–H groups in total. The number of nitrogens with zero attached hydrogens (tertiary/aromatic N) is 5. The summed E-state index contributed by atoms with van der Waals surface area (Å²) in [6.45, 7) is 4.10. The first kappa shape index (κ1) is 16.0. The topological polar surface area (TPSA) is 77.6 Å². The molecule has 7 nitrogen and oxygen atoms in total. The number of carbonyl (C=O) groups is 1. The molecule has 1 amide bonds. The van der Waals surface area contributed by atoms with Gasteiger partial charge in [0.25, 0.3) is 0 Å². The van der Waals surface area contributed by atoms with E-state index in [1.165, 1.54) is 0 Å². The second kappa shape index (κ2) is 6.11. The smallest absolute Gasteiger partial charge is 0.232 e. The molecule has 25 heavy (non-hydrogen) atoms. The number of hydrogen-bond acceptors (Lipinski definition) is 5. The maximum atomic E-state index is 12.3. The molecule has 0 spiro atoms. The van der Waals surface area contributed by atoms with E-state index in [0.29, 0.717) is 11.9 Å². The van der Waals surface area contributed by atoms with Crippen molar-refractivity contribution in [2.45, 2.75) is 39.0 Å². The predicted octanol–water partition coefficient (Wildman–Crippen LogP) is 2.74. The fourth-order valence-electron chi connectivity index (χ4n) is 2.93. The predicted molar refractivity (Wildman–Crippen MR) is 96.2 cm³/mol. The molecule has 1 aliphatic carbocycles. The van der Waals surface area contributed by atoms with Crippen LogP contribution in [0.25, 0.3) is 5.13 Å². The van der Waals surface area contributed by atoms with Gasteiger partial charge in [0.15, 0.2) is 5.13 Å². The molecule has 0 atom stereocenters. The van der Waals surface area contributed by atoms with Gasteiger partial charge >= 0.3 is 0 Å². The van der Waals surface area contributed by atoms with Gasteiger partial charge in [-0.05, 0) is 38.8 Å². The van der Waals surface area contributed by atoms with E-state index in [-0.39, 0.29) is 12.3 Å². The second-order valence-electron chi connectivity index (χ2n) is 6.51. The number of anilines is 1. The highest BCUT2D eigenvalue weighted by molar-refractivity contribution is 7.12. The van der Waals surface area contributed by atoms with Crippen molar-refractivity contribution in [1.82, 2.24) is 24.3 Å². The van der Waals surface area contributed by atoms with Crippen LogP contribution in [-0.4, -0.2) is 30.2 Å². The molecule has 1 aliphatic rings. The average Bonchev–Trinajstić information content (AvgIpc) is 3.08. The summed E-state index contributed by atoms with van der Waals surface area (Å²) in [4.78, 5) is 16.9. The van der Waals surface area contributed by atoms with Gasteiger partial charge in [-0.2, -0.15) is 0 Å². The van der Waals surface area contributed by atoms with Crippen molar-refractivity contribution in [3.8, 4) is 5.13 Å². The molecule has 1 saturated carbocycles. The minimum absolute atomic E-state index is 0.129. The van der Waals surface area contributed by atoms with Crippen LogP contribution in [-0.2, 0) is 18.3 Å². The van der Waals surface area contributed by atoms with E-state index >= 15 is 0 Å². The Balaban J connectivity index is 1.45. The molecule has 3 aromatic heterocycles. The summed E-state index contributed by atoms with van der Waals surface area (Å²) in [5.74, 6) is 1.82. The molecule has 0 bridgehead atoms. The van der Waals surface area contributed by atoms with Gasteiger partial charge in [-0.1, -0.05) is 0 Å². The molecule has 8 heteroatoms. The number of hydrogen-bond donors (Lipinski definition) is 1. The summed E-state index contributed by atoms with van der Waals surface area (Å²) in [7, 11) is 1.89. The summed E-state index contributed by atoms with van der Waals surface area (Å²) in [6, 6.07) is 4.13. The van der Waals surface area contributed by atoms with Gasteiger partial charge in [0.2, 0.25) is 11.9 Å². The van der Waals surface area contributed by atoms with Gasteiger partial charge < -0.3 is 4.57 Å². The number of nitrogens with one attached hydrogen (secondary N) is 1. The van der Waals surface area contributed by atoms with Crippen LogP contribution in [0.3, 0.4) is 0 Å². The van der Waals surface area contributed by atoms with Gasteiger partial charge in [0.05, 0.1) is 12.1 Å². The first-order valence-electron chi connectivity index (χ1n) is 8.32. The summed E-state index contributed by atoms with van der Waals surface area (Å²) >= 11 is 1.54. The number of amides is 1.